The topological polar surface area (TPSA) is 51.0 Å². The molecule has 1 aliphatic carbocycles. The predicted molar refractivity (Wildman–Crippen MR) is 130 cm³/mol. The first-order chi connectivity index (χ1) is 15.0. The van der Waals surface area contributed by atoms with Gasteiger partial charge >= 0.3 is 0 Å². The molecule has 0 bridgehead atoms. The number of anilines is 2. The van der Waals surface area contributed by atoms with Crippen LogP contribution in [0.15, 0.2) is 34.8 Å². The van der Waals surface area contributed by atoms with E-state index in [4.69, 9.17) is 9.97 Å². The largest absolute Gasteiger partial charge is 0.320 e. The lowest BCUT2D eigenvalue weighted by atomic mass is 10.1. The van der Waals surface area contributed by atoms with Crippen LogP contribution in [0.2, 0.25) is 0 Å². The van der Waals surface area contributed by atoms with E-state index >= 15 is 0 Å². The van der Waals surface area contributed by atoms with Gasteiger partial charge in [0.25, 0.3) is 0 Å². The van der Waals surface area contributed by atoms with Crippen LogP contribution in [0.5, 0.6) is 0 Å². The van der Waals surface area contributed by atoms with E-state index in [0.717, 1.165) is 45.1 Å². The van der Waals surface area contributed by atoms with E-state index < -0.39 is 0 Å². The summed E-state index contributed by atoms with van der Waals surface area (Å²) in [5.74, 6) is 0.734. The zero-order valence-electron chi connectivity index (χ0n) is 18.7. The fourth-order valence-corrected chi connectivity index (χ4v) is 6.37. The monoisotopic (exact) mass is 454 g/mol. The van der Waals surface area contributed by atoms with Gasteiger partial charge in [-0.2, -0.15) is 0 Å². The third-order valence-electron chi connectivity index (χ3n) is 6.05. The van der Waals surface area contributed by atoms with E-state index in [1.165, 1.54) is 42.7 Å². The van der Waals surface area contributed by atoms with Gasteiger partial charge in [0, 0.05) is 29.8 Å². The van der Waals surface area contributed by atoms with Crippen molar-refractivity contribution < 1.29 is 4.79 Å². The molecule has 0 saturated heterocycles. The van der Waals surface area contributed by atoms with Gasteiger partial charge in [0.05, 0.1) is 17.1 Å². The number of carbonyl (C=O) groups excluding carboxylic acids is 1. The van der Waals surface area contributed by atoms with E-state index in [2.05, 4.69) is 36.8 Å². The summed E-state index contributed by atoms with van der Waals surface area (Å²) in [5.41, 5.74) is 5.46. The molecule has 7 heteroatoms. The normalized spacial score (nSPS) is 14.3. The fourth-order valence-electron chi connectivity index (χ4n) is 4.33. The summed E-state index contributed by atoms with van der Waals surface area (Å²) in [6, 6.07) is 8.64. The zero-order valence-corrected chi connectivity index (χ0v) is 20.4. The Morgan fingerprint density at radius 3 is 2.68 bits per heavy atom. The average molecular weight is 455 g/mol. The summed E-state index contributed by atoms with van der Waals surface area (Å²) in [7, 11) is 0. The first-order valence-electron chi connectivity index (χ1n) is 11.0. The number of hydrogen-bond donors (Lipinski definition) is 0. The molecule has 1 amide bonds. The summed E-state index contributed by atoms with van der Waals surface area (Å²) in [6.07, 6.45) is 5.98. The third-order valence-corrected chi connectivity index (χ3v) is 7.91. The molecule has 5 nitrogen and oxygen atoms in total. The van der Waals surface area contributed by atoms with Gasteiger partial charge in [-0.05, 0) is 44.7 Å². The van der Waals surface area contributed by atoms with Gasteiger partial charge in [0.2, 0.25) is 5.91 Å². The Morgan fingerprint density at radius 1 is 1.23 bits per heavy atom. The number of imidazole rings is 1. The van der Waals surface area contributed by atoms with E-state index in [1.807, 2.05) is 18.2 Å². The van der Waals surface area contributed by atoms with Crippen molar-refractivity contribution in [3.05, 3.63) is 52.3 Å². The van der Waals surface area contributed by atoms with Crippen LogP contribution in [-0.4, -0.2) is 20.4 Å². The number of carbonyl (C=O) groups is 1. The highest BCUT2D eigenvalue weighted by Crippen LogP contribution is 2.37. The SMILES string of the molecule is CCc1ccccc1N(C(C)=O)c1nc(CSc2nc(C)c(C)n2C2CCCC2)cs1. The minimum absolute atomic E-state index is 0.0162. The summed E-state index contributed by atoms with van der Waals surface area (Å²) in [4.78, 5) is 23.9. The number of amides is 1. The molecule has 2 heterocycles. The number of para-hydroxylation sites is 1. The quantitative estimate of drug-likeness (QED) is 0.377. The molecule has 0 spiro atoms. The van der Waals surface area contributed by atoms with Crippen LogP contribution < -0.4 is 4.90 Å². The number of thiazole rings is 1. The van der Waals surface area contributed by atoms with Gasteiger partial charge < -0.3 is 4.57 Å². The Labute approximate surface area is 192 Å². The molecule has 0 aliphatic heterocycles. The number of thioether (sulfide) groups is 1. The molecule has 1 aliphatic rings. The van der Waals surface area contributed by atoms with Crippen LogP contribution in [0, 0.1) is 13.8 Å². The van der Waals surface area contributed by atoms with Crippen molar-refractivity contribution in [1.29, 1.82) is 0 Å². The number of benzene rings is 1. The van der Waals surface area contributed by atoms with Gasteiger partial charge in [0.15, 0.2) is 10.3 Å². The van der Waals surface area contributed by atoms with Crippen LogP contribution >= 0.6 is 23.1 Å². The maximum Gasteiger partial charge on any atom is 0.230 e. The third kappa shape index (κ3) is 4.58. The summed E-state index contributed by atoms with van der Waals surface area (Å²) >= 11 is 3.28. The molecule has 0 N–H and O–H groups in total. The highest BCUT2D eigenvalue weighted by atomic mass is 32.2. The van der Waals surface area contributed by atoms with Crippen LogP contribution in [-0.2, 0) is 17.0 Å². The van der Waals surface area contributed by atoms with Gasteiger partial charge in [-0.15, -0.1) is 11.3 Å². The summed E-state index contributed by atoms with van der Waals surface area (Å²) < 4.78 is 2.44. The van der Waals surface area contributed by atoms with Crippen molar-refractivity contribution in [1.82, 2.24) is 14.5 Å². The zero-order chi connectivity index (χ0) is 22.0. The first kappa shape index (κ1) is 22.1. The van der Waals surface area contributed by atoms with Gasteiger partial charge in [-0.3, -0.25) is 9.69 Å². The van der Waals surface area contributed by atoms with Gasteiger partial charge in [-0.1, -0.05) is 49.7 Å². The van der Waals surface area contributed by atoms with Gasteiger partial charge in [0.1, 0.15) is 0 Å². The molecule has 0 radical (unpaired) electrons. The number of nitrogens with zero attached hydrogens (tertiary/aromatic N) is 4. The lowest BCUT2D eigenvalue weighted by molar-refractivity contribution is -0.115. The standard InChI is InChI=1S/C24H30N4OS2/c1-5-19-10-6-9-13-22(19)28(18(4)29)24-26-20(15-31-24)14-30-23-25-16(2)17(3)27(23)21-11-7-8-12-21/h6,9-10,13,15,21H,5,7-8,11-12,14H2,1-4H3. The molecule has 1 fully saturated rings. The summed E-state index contributed by atoms with van der Waals surface area (Å²) in [6.45, 7) is 7.99. The van der Waals surface area contributed by atoms with Crippen molar-refractivity contribution in [2.24, 2.45) is 0 Å². The molecule has 3 aromatic rings. The smallest absolute Gasteiger partial charge is 0.230 e. The Hall–Kier alpha value is -2.12. The average Bonchev–Trinajstić information content (AvgIpc) is 3.49. The molecule has 4 rings (SSSR count). The van der Waals surface area contributed by atoms with Crippen molar-refractivity contribution in [2.75, 3.05) is 4.90 Å². The highest BCUT2D eigenvalue weighted by Gasteiger charge is 2.24. The van der Waals surface area contributed by atoms with E-state index in [1.54, 1.807) is 23.6 Å². The fraction of sp³-hybridized carbons (Fsp3) is 0.458. The second-order valence-electron chi connectivity index (χ2n) is 8.12. The van der Waals surface area contributed by atoms with E-state index in [9.17, 15) is 4.79 Å². The molecular weight excluding hydrogens is 424 g/mol. The molecular formula is C24H30N4OS2. The number of aryl methyl sites for hydroxylation is 2. The number of hydrogen-bond acceptors (Lipinski definition) is 5. The molecule has 0 atom stereocenters. The van der Waals surface area contributed by atoms with Crippen molar-refractivity contribution in [2.45, 2.75) is 76.8 Å². The molecule has 164 valence electrons. The van der Waals surface area contributed by atoms with Crippen molar-refractivity contribution in [3.8, 4) is 0 Å². The highest BCUT2D eigenvalue weighted by molar-refractivity contribution is 7.98. The Bertz CT molecular complexity index is 1070. The Kier molecular flexibility index (Phi) is 6.82. The van der Waals surface area contributed by atoms with E-state index in [0.29, 0.717) is 6.04 Å². The lowest BCUT2D eigenvalue weighted by Gasteiger charge is -2.21. The van der Waals surface area contributed by atoms with Gasteiger partial charge in [-0.25, -0.2) is 9.97 Å². The minimum Gasteiger partial charge on any atom is -0.320 e. The molecule has 1 aromatic carbocycles. The molecule has 2 aromatic heterocycles. The van der Waals surface area contributed by atoms with Crippen molar-refractivity contribution in [3.63, 3.8) is 0 Å². The second-order valence-corrected chi connectivity index (χ2v) is 9.90. The van der Waals surface area contributed by atoms with Crippen LogP contribution in [0.3, 0.4) is 0 Å². The molecule has 31 heavy (non-hydrogen) atoms. The van der Waals surface area contributed by atoms with E-state index in [-0.39, 0.29) is 5.91 Å². The lowest BCUT2D eigenvalue weighted by Crippen LogP contribution is -2.23. The minimum atomic E-state index is -0.0162. The summed E-state index contributed by atoms with van der Waals surface area (Å²) in [5, 5.41) is 3.89. The van der Waals surface area contributed by atoms with Crippen LogP contribution in [0.4, 0.5) is 10.8 Å². The molecule has 0 unspecified atom stereocenters. The maximum absolute atomic E-state index is 12.5. The maximum atomic E-state index is 12.5. The second kappa shape index (κ2) is 9.57. The first-order valence-corrected chi connectivity index (χ1v) is 12.9. The number of rotatable bonds is 7. The predicted octanol–water partition coefficient (Wildman–Crippen LogP) is 6.61. The van der Waals surface area contributed by atoms with Crippen LogP contribution in [0.1, 0.15) is 68.2 Å². The number of aromatic nitrogens is 3. The Morgan fingerprint density at radius 2 is 1.97 bits per heavy atom. The Balaban J connectivity index is 1.54. The molecule has 1 saturated carbocycles. The van der Waals surface area contributed by atoms with Crippen molar-refractivity contribution >= 4 is 39.8 Å². The van der Waals surface area contributed by atoms with Crippen LogP contribution in [0.25, 0.3) is 0 Å².